The normalized spacial score (nSPS) is 11.5. The van der Waals surface area contributed by atoms with Gasteiger partial charge < -0.3 is 10.9 Å². The minimum atomic E-state index is -4.00. The summed E-state index contributed by atoms with van der Waals surface area (Å²) in [5, 5.41) is 0. The molecule has 0 spiro atoms. The minimum Gasteiger partial charge on any atom is -1.00 e. The molecule has 0 amide bonds. The van der Waals surface area contributed by atoms with Crippen LogP contribution in [0.3, 0.4) is 0 Å². The molecule has 0 aromatic heterocycles. The zero-order valence-corrected chi connectivity index (χ0v) is 17.8. The van der Waals surface area contributed by atoms with Crippen LogP contribution in [0, 0.1) is 0 Å². The number of rotatable bonds is 7. The summed E-state index contributed by atoms with van der Waals surface area (Å²) in [6.45, 7) is 4.17. The van der Waals surface area contributed by atoms with Gasteiger partial charge in [0, 0.05) is 5.41 Å². The van der Waals surface area contributed by atoms with Crippen LogP contribution < -0.4 is 39.0 Å². The van der Waals surface area contributed by atoms with Crippen LogP contribution in [0.25, 0.3) is 0 Å². The van der Waals surface area contributed by atoms with Crippen molar-refractivity contribution in [2.75, 3.05) is 19.5 Å². The summed E-state index contributed by atoms with van der Waals surface area (Å²) in [6, 6.07) is 15.4. The van der Waals surface area contributed by atoms with Crippen molar-refractivity contribution in [3.8, 4) is 11.5 Å². The molecule has 0 bridgehead atoms. The molecule has 2 rings (SSSR count). The molecule has 0 aliphatic heterocycles. The molecule has 2 aromatic carbocycles. The molecule has 0 radical (unpaired) electrons. The molecule has 5 nitrogen and oxygen atoms in total. The molecule has 2 aromatic rings. The summed E-state index contributed by atoms with van der Waals surface area (Å²) in [5.74, 6) is 0.955. The Hall–Kier alpha value is -1.05. The summed E-state index contributed by atoms with van der Waals surface area (Å²) < 4.78 is 40.6. The average molecular weight is 374 g/mol. The van der Waals surface area contributed by atoms with Gasteiger partial charge in [-0.1, -0.05) is 38.1 Å². The van der Waals surface area contributed by atoms with Crippen LogP contribution in [0.1, 0.15) is 26.4 Å². The Morgan fingerprint density at radius 3 is 1.80 bits per heavy atom. The first-order valence-corrected chi connectivity index (χ1v) is 9.16. The smallest absolute Gasteiger partial charge is 1.00 e. The topological polar surface area (TPSA) is 72.8 Å². The van der Waals surface area contributed by atoms with E-state index >= 15 is 0 Å². The summed E-state index contributed by atoms with van der Waals surface area (Å²) in [5.41, 5.74) is 2.07. The summed E-state index contributed by atoms with van der Waals surface area (Å²) >= 11 is 0. The molecular weight excluding hydrogens is 351 g/mol. The van der Waals surface area contributed by atoms with Crippen molar-refractivity contribution in [1.82, 2.24) is 0 Å². The first-order chi connectivity index (χ1) is 11.2. The molecule has 7 heteroatoms. The number of hydrogen-bond donors (Lipinski definition) is 1. The molecule has 0 saturated carbocycles. The van der Waals surface area contributed by atoms with Crippen molar-refractivity contribution >= 4 is 10.1 Å². The zero-order chi connectivity index (χ0) is 17.8. The Kier molecular flexibility index (Phi) is 7.96. The van der Waals surface area contributed by atoms with E-state index in [0.717, 1.165) is 16.9 Å². The first kappa shape index (κ1) is 22.0. The van der Waals surface area contributed by atoms with E-state index in [0.29, 0.717) is 5.75 Å². The van der Waals surface area contributed by atoms with E-state index in [4.69, 9.17) is 14.0 Å². The van der Waals surface area contributed by atoms with Crippen molar-refractivity contribution in [3.63, 3.8) is 0 Å². The van der Waals surface area contributed by atoms with Crippen LogP contribution in [-0.2, 0) is 15.5 Å². The Balaban J connectivity index is 0.00000312. The van der Waals surface area contributed by atoms with Gasteiger partial charge in [-0.15, -0.1) is 0 Å². The molecule has 1 N–H and O–H groups in total. The quantitative estimate of drug-likeness (QED) is 0.561. The van der Waals surface area contributed by atoms with Crippen LogP contribution in [0.15, 0.2) is 48.5 Å². The van der Waals surface area contributed by atoms with Crippen LogP contribution in [0.4, 0.5) is 0 Å². The Morgan fingerprint density at radius 1 is 0.960 bits per heavy atom. The van der Waals surface area contributed by atoms with Gasteiger partial charge in [0.25, 0.3) is 10.1 Å². The minimum absolute atomic E-state index is 0. The maximum absolute atomic E-state index is 10.7. The van der Waals surface area contributed by atoms with Gasteiger partial charge >= 0.3 is 29.6 Å². The number of methoxy groups -OCH3 is 1. The fraction of sp³-hybridized carbons (Fsp3) is 0.333. The van der Waals surface area contributed by atoms with E-state index in [1.807, 2.05) is 36.4 Å². The van der Waals surface area contributed by atoms with Crippen LogP contribution in [-0.4, -0.2) is 32.4 Å². The summed E-state index contributed by atoms with van der Waals surface area (Å²) in [7, 11) is -2.36. The fourth-order valence-electron chi connectivity index (χ4n) is 2.41. The average Bonchev–Trinajstić information content (AvgIpc) is 2.54. The summed E-state index contributed by atoms with van der Waals surface area (Å²) in [6.07, 6.45) is 0. The molecule has 0 aliphatic carbocycles. The number of benzene rings is 2. The van der Waals surface area contributed by atoms with E-state index in [2.05, 4.69) is 13.8 Å². The van der Waals surface area contributed by atoms with Crippen molar-refractivity contribution in [2.24, 2.45) is 0 Å². The van der Waals surface area contributed by atoms with E-state index in [-0.39, 0.29) is 43.0 Å². The Bertz CT molecular complexity index is 774. The van der Waals surface area contributed by atoms with Crippen LogP contribution in [0.5, 0.6) is 11.5 Å². The Morgan fingerprint density at radius 2 is 1.40 bits per heavy atom. The second-order valence-electron chi connectivity index (χ2n) is 6.01. The molecule has 132 valence electrons. The van der Waals surface area contributed by atoms with Gasteiger partial charge in [-0.3, -0.25) is 4.55 Å². The van der Waals surface area contributed by atoms with Gasteiger partial charge in [0.15, 0.2) is 0 Å². The SMILES string of the molecule is COc1ccc(C(C)(C)c2ccc(OCCS(=O)(=O)O)cc2)cc1.[H-].[Na+]. The molecule has 0 aliphatic rings. The molecule has 0 atom stereocenters. The summed E-state index contributed by atoms with van der Waals surface area (Å²) in [4.78, 5) is 0. The zero-order valence-electron chi connectivity index (χ0n) is 16.0. The van der Waals surface area contributed by atoms with Crippen molar-refractivity contribution in [1.29, 1.82) is 0 Å². The van der Waals surface area contributed by atoms with Crippen molar-refractivity contribution < 1.29 is 53.4 Å². The predicted molar refractivity (Wildman–Crippen MR) is 94.6 cm³/mol. The van der Waals surface area contributed by atoms with E-state index in [1.165, 1.54) is 0 Å². The van der Waals surface area contributed by atoms with Gasteiger partial charge in [-0.2, -0.15) is 8.42 Å². The maximum atomic E-state index is 10.7. The number of ether oxygens (including phenoxy) is 2. The second-order valence-corrected chi connectivity index (χ2v) is 7.58. The maximum Gasteiger partial charge on any atom is 1.00 e. The predicted octanol–water partition coefficient (Wildman–Crippen LogP) is 0.404. The van der Waals surface area contributed by atoms with Gasteiger partial charge in [0.1, 0.15) is 23.9 Å². The molecule has 25 heavy (non-hydrogen) atoms. The molecule has 0 fully saturated rings. The Labute approximate surface area is 172 Å². The van der Waals surface area contributed by atoms with Crippen LogP contribution in [0.2, 0.25) is 0 Å². The van der Waals surface area contributed by atoms with E-state index in [1.54, 1.807) is 19.2 Å². The fourth-order valence-corrected chi connectivity index (χ4v) is 2.70. The first-order valence-electron chi connectivity index (χ1n) is 7.55. The van der Waals surface area contributed by atoms with E-state index < -0.39 is 15.9 Å². The van der Waals surface area contributed by atoms with E-state index in [9.17, 15) is 8.42 Å². The third-order valence-electron chi connectivity index (χ3n) is 4.00. The van der Waals surface area contributed by atoms with Gasteiger partial charge in [0.05, 0.1) is 7.11 Å². The van der Waals surface area contributed by atoms with Gasteiger partial charge in [0.2, 0.25) is 0 Å². The van der Waals surface area contributed by atoms with Gasteiger partial charge in [-0.25, -0.2) is 0 Å². The van der Waals surface area contributed by atoms with Crippen molar-refractivity contribution in [2.45, 2.75) is 19.3 Å². The second kappa shape index (κ2) is 9.05. The largest absolute Gasteiger partial charge is 1.00 e. The number of hydrogen-bond acceptors (Lipinski definition) is 4. The van der Waals surface area contributed by atoms with Crippen molar-refractivity contribution in [3.05, 3.63) is 59.7 Å². The van der Waals surface area contributed by atoms with Gasteiger partial charge in [-0.05, 0) is 35.4 Å². The molecule has 0 saturated heterocycles. The molecule has 0 heterocycles. The molecule has 0 unspecified atom stereocenters. The molecular formula is C18H23NaO5S. The standard InChI is InChI=1S/C18H22O5S.Na.H/c1-18(2,14-4-8-16(22-3)9-5-14)15-6-10-17(11-7-15)23-12-13-24(19,20)21;;/h4-11H,12-13H2,1-3H3,(H,19,20,21);;/q;+1;-1. The monoisotopic (exact) mass is 374 g/mol. The third kappa shape index (κ3) is 6.31. The third-order valence-corrected chi connectivity index (χ3v) is 4.68. The van der Waals surface area contributed by atoms with Crippen LogP contribution >= 0.6 is 0 Å².